The summed E-state index contributed by atoms with van der Waals surface area (Å²) in [5, 5.41) is 9.36. The van der Waals surface area contributed by atoms with Gasteiger partial charge in [-0.15, -0.1) is 0 Å². The molecule has 0 rings (SSSR count). The molecule has 174 valence electrons. The van der Waals surface area contributed by atoms with Gasteiger partial charge in [-0.2, -0.15) is 0 Å². The number of aliphatic hydroxyl groups is 1. The number of carbonyl (C=O) groups excluding carboxylic acids is 1. The molecule has 0 saturated carbocycles. The van der Waals surface area contributed by atoms with E-state index in [0.29, 0.717) is 6.42 Å². The SMILES string of the molecule is CCCCCCCCCCCCCCCCCC(=O)OC(CO)CCCCCC. The highest BCUT2D eigenvalue weighted by Crippen LogP contribution is 2.14. The van der Waals surface area contributed by atoms with Crippen LogP contribution in [0.15, 0.2) is 0 Å². The molecule has 1 N–H and O–H groups in total. The number of rotatable bonds is 23. The third kappa shape index (κ3) is 21.9. The number of aliphatic hydroxyl groups excluding tert-OH is 1. The van der Waals surface area contributed by atoms with Gasteiger partial charge in [0.1, 0.15) is 6.10 Å². The Kier molecular flexibility index (Phi) is 23.2. The number of unbranched alkanes of at least 4 members (excludes halogenated alkanes) is 17. The van der Waals surface area contributed by atoms with Crippen LogP contribution in [-0.2, 0) is 9.53 Å². The zero-order valence-electron chi connectivity index (χ0n) is 19.9. The molecule has 1 atom stereocenters. The van der Waals surface area contributed by atoms with Crippen LogP contribution in [-0.4, -0.2) is 23.8 Å². The Balaban J connectivity index is 3.33. The maximum absolute atomic E-state index is 11.9. The third-order valence-corrected chi connectivity index (χ3v) is 5.87. The molecule has 0 bridgehead atoms. The summed E-state index contributed by atoms with van der Waals surface area (Å²) in [6, 6.07) is 0. The predicted molar refractivity (Wildman–Crippen MR) is 125 cm³/mol. The van der Waals surface area contributed by atoms with Gasteiger partial charge in [0, 0.05) is 6.42 Å². The number of ether oxygens (including phenoxy) is 1. The topological polar surface area (TPSA) is 46.5 Å². The van der Waals surface area contributed by atoms with Gasteiger partial charge in [0.15, 0.2) is 0 Å². The van der Waals surface area contributed by atoms with Crippen LogP contribution < -0.4 is 0 Å². The maximum Gasteiger partial charge on any atom is 0.306 e. The average molecular weight is 413 g/mol. The van der Waals surface area contributed by atoms with Crippen molar-refractivity contribution in [1.29, 1.82) is 0 Å². The standard InChI is InChI=1S/C26H52O3/c1-3-5-7-9-10-11-12-13-14-15-16-17-18-19-21-23-26(28)29-25(24-27)22-20-8-6-4-2/h25,27H,3-24H2,1-2H3. The van der Waals surface area contributed by atoms with Crippen molar-refractivity contribution in [2.75, 3.05) is 6.61 Å². The molecule has 0 fully saturated rings. The molecule has 29 heavy (non-hydrogen) atoms. The molecule has 0 aromatic rings. The average Bonchev–Trinajstić information content (AvgIpc) is 2.73. The van der Waals surface area contributed by atoms with E-state index in [9.17, 15) is 9.90 Å². The first-order valence-corrected chi connectivity index (χ1v) is 13.0. The van der Waals surface area contributed by atoms with Crippen molar-refractivity contribution in [2.45, 2.75) is 155 Å². The Bertz CT molecular complexity index is 330. The van der Waals surface area contributed by atoms with Crippen molar-refractivity contribution in [3.05, 3.63) is 0 Å². The molecular weight excluding hydrogens is 360 g/mol. The van der Waals surface area contributed by atoms with Gasteiger partial charge in [0.05, 0.1) is 6.61 Å². The second kappa shape index (κ2) is 23.7. The molecule has 0 aliphatic heterocycles. The van der Waals surface area contributed by atoms with Crippen LogP contribution in [0.3, 0.4) is 0 Å². The van der Waals surface area contributed by atoms with E-state index in [2.05, 4.69) is 13.8 Å². The number of hydrogen-bond acceptors (Lipinski definition) is 3. The van der Waals surface area contributed by atoms with Gasteiger partial charge < -0.3 is 9.84 Å². The van der Waals surface area contributed by atoms with Gasteiger partial charge in [0.2, 0.25) is 0 Å². The van der Waals surface area contributed by atoms with Gasteiger partial charge in [-0.25, -0.2) is 0 Å². The van der Waals surface area contributed by atoms with Crippen molar-refractivity contribution in [1.82, 2.24) is 0 Å². The lowest BCUT2D eigenvalue weighted by Crippen LogP contribution is -2.21. The van der Waals surface area contributed by atoms with E-state index in [0.717, 1.165) is 32.1 Å². The van der Waals surface area contributed by atoms with Crippen LogP contribution in [0.25, 0.3) is 0 Å². The molecule has 3 nitrogen and oxygen atoms in total. The first kappa shape index (κ1) is 28.4. The fraction of sp³-hybridized carbons (Fsp3) is 0.962. The summed E-state index contributed by atoms with van der Waals surface area (Å²) in [5.74, 6) is -0.130. The van der Waals surface area contributed by atoms with Crippen LogP contribution in [0.1, 0.15) is 149 Å². The van der Waals surface area contributed by atoms with Crippen molar-refractivity contribution in [2.24, 2.45) is 0 Å². The predicted octanol–water partition coefficient (Wildman–Crippen LogP) is 8.12. The van der Waals surface area contributed by atoms with E-state index in [-0.39, 0.29) is 18.7 Å². The molecule has 0 aliphatic rings. The largest absolute Gasteiger partial charge is 0.460 e. The number of carbonyl (C=O) groups is 1. The molecule has 0 spiro atoms. The molecule has 3 heteroatoms. The summed E-state index contributed by atoms with van der Waals surface area (Å²) in [7, 11) is 0. The monoisotopic (exact) mass is 412 g/mol. The molecule has 0 aliphatic carbocycles. The molecule has 0 aromatic carbocycles. The summed E-state index contributed by atoms with van der Waals surface area (Å²) in [6.07, 6.45) is 25.5. The molecule has 0 heterocycles. The lowest BCUT2D eigenvalue weighted by Gasteiger charge is -2.15. The first-order chi connectivity index (χ1) is 14.2. The number of esters is 1. The zero-order chi connectivity index (χ0) is 21.4. The maximum atomic E-state index is 11.9. The molecule has 1 unspecified atom stereocenters. The molecular formula is C26H52O3. The lowest BCUT2D eigenvalue weighted by atomic mass is 10.0. The smallest absolute Gasteiger partial charge is 0.306 e. The van der Waals surface area contributed by atoms with E-state index in [4.69, 9.17) is 4.74 Å². The van der Waals surface area contributed by atoms with E-state index in [1.165, 1.54) is 96.3 Å². The summed E-state index contributed by atoms with van der Waals surface area (Å²) in [6.45, 7) is 4.41. The first-order valence-electron chi connectivity index (χ1n) is 13.0. The Hall–Kier alpha value is -0.570. The summed E-state index contributed by atoms with van der Waals surface area (Å²) in [5.41, 5.74) is 0. The second-order valence-electron chi connectivity index (χ2n) is 8.84. The minimum Gasteiger partial charge on any atom is -0.460 e. The van der Waals surface area contributed by atoms with Crippen LogP contribution in [0.4, 0.5) is 0 Å². The van der Waals surface area contributed by atoms with E-state index >= 15 is 0 Å². The van der Waals surface area contributed by atoms with Gasteiger partial charge >= 0.3 is 5.97 Å². The Labute approximate surface area is 182 Å². The van der Waals surface area contributed by atoms with E-state index in [1.807, 2.05) is 0 Å². The lowest BCUT2D eigenvalue weighted by molar-refractivity contribution is -0.151. The molecule has 0 amide bonds. The van der Waals surface area contributed by atoms with E-state index in [1.54, 1.807) is 0 Å². The third-order valence-electron chi connectivity index (χ3n) is 5.87. The van der Waals surface area contributed by atoms with Gasteiger partial charge in [-0.1, -0.05) is 123 Å². The number of hydrogen-bond donors (Lipinski definition) is 1. The minimum absolute atomic E-state index is 0.0449. The van der Waals surface area contributed by atoms with Crippen molar-refractivity contribution in [3.8, 4) is 0 Å². The quantitative estimate of drug-likeness (QED) is 0.136. The van der Waals surface area contributed by atoms with Gasteiger partial charge in [-0.3, -0.25) is 4.79 Å². The molecule has 0 aromatic heterocycles. The Morgan fingerprint density at radius 2 is 1.00 bits per heavy atom. The highest BCUT2D eigenvalue weighted by atomic mass is 16.5. The normalized spacial score (nSPS) is 12.2. The Morgan fingerprint density at radius 1 is 0.621 bits per heavy atom. The van der Waals surface area contributed by atoms with Crippen molar-refractivity contribution in [3.63, 3.8) is 0 Å². The van der Waals surface area contributed by atoms with Crippen molar-refractivity contribution < 1.29 is 14.6 Å². The summed E-state index contributed by atoms with van der Waals surface area (Å²) >= 11 is 0. The zero-order valence-corrected chi connectivity index (χ0v) is 19.9. The Morgan fingerprint density at radius 3 is 1.41 bits per heavy atom. The van der Waals surface area contributed by atoms with Crippen LogP contribution >= 0.6 is 0 Å². The van der Waals surface area contributed by atoms with Crippen LogP contribution in [0.2, 0.25) is 0 Å². The minimum atomic E-state index is -0.296. The van der Waals surface area contributed by atoms with Crippen molar-refractivity contribution >= 4 is 5.97 Å². The van der Waals surface area contributed by atoms with Gasteiger partial charge in [-0.05, 0) is 19.3 Å². The fourth-order valence-corrected chi connectivity index (χ4v) is 3.87. The fourth-order valence-electron chi connectivity index (χ4n) is 3.87. The molecule has 0 radical (unpaired) electrons. The molecule has 0 saturated heterocycles. The van der Waals surface area contributed by atoms with E-state index < -0.39 is 0 Å². The summed E-state index contributed by atoms with van der Waals surface area (Å²) in [4.78, 5) is 11.9. The van der Waals surface area contributed by atoms with Crippen LogP contribution in [0, 0.1) is 0 Å². The highest BCUT2D eigenvalue weighted by Gasteiger charge is 2.12. The second-order valence-corrected chi connectivity index (χ2v) is 8.84. The van der Waals surface area contributed by atoms with Gasteiger partial charge in [0.25, 0.3) is 0 Å². The highest BCUT2D eigenvalue weighted by molar-refractivity contribution is 5.69. The van der Waals surface area contributed by atoms with Crippen LogP contribution in [0.5, 0.6) is 0 Å². The summed E-state index contributed by atoms with van der Waals surface area (Å²) < 4.78 is 5.41.